The van der Waals surface area contributed by atoms with Gasteiger partial charge in [0, 0.05) is 24.9 Å². The molecule has 0 spiro atoms. The van der Waals surface area contributed by atoms with Crippen LogP contribution in [0.1, 0.15) is 5.56 Å². The summed E-state index contributed by atoms with van der Waals surface area (Å²) in [6, 6.07) is 5.31. The minimum absolute atomic E-state index is 0.279. The largest absolute Gasteiger partial charge is 0.481 e. The summed E-state index contributed by atoms with van der Waals surface area (Å²) in [6.07, 6.45) is 1.72. The Bertz CT molecular complexity index is 533. The first-order valence-electron chi connectivity index (χ1n) is 5.10. The maximum atomic E-state index is 5.88. The molecule has 0 aliphatic carbocycles. The summed E-state index contributed by atoms with van der Waals surface area (Å²) in [5, 5.41) is 11.0. The average Bonchev–Trinajstić information content (AvgIpc) is 2.40. The van der Waals surface area contributed by atoms with Crippen LogP contribution in [-0.4, -0.2) is 22.3 Å². The maximum Gasteiger partial charge on any atom is 0.212 e. The van der Waals surface area contributed by atoms with Crippen LogP contribution in [0.15, 0.2) is 24.4 Å². The molecule has 0 saturated heterocycles. The van der Waals surface area contributed by atoms with Gasteiger partial charge in [-0.3, -0.25) is 0 Å². The molecule has 0 radical (unpaired) electrons. The Morgan fingerprint density at radius 1 is 1.28 bits per heavy atom. The number of aromatic nitrogens is 3. The highest BCUT2D eigenvalue weighted by Crippen LogP contribution is 2.21. The number of hydrogen-bond donors (Lipinski definition) is 1. The van der Waals surface area contributed by atoms with Crippen LogP contribution in [0.3, 0.4) is 0 Å². The fraction of sp³-hybridized carbons (Fsp3) is 0.182. The zero-order valence-corrected chi connectivity index (χ0v) is 11.0. The second-order valence-electron chi connectivity index (χ2n) is 3.43. The van der Waals surface area contributed by atoms with Crippen molar-refractivity contribution in [2.45, 2.75) is 6.54 Å². The first kappa shape index (κ1) is 12.9. The van der Waals surface area contributed by atoms with Crippen molar-refractivity contribution in [2.75, 3.05) is 12.4 Å². The van der Waals surface area contributed by atoms with E-state index in [0.717, 1.165) is 5.56 Å². The molecule has 1 N–H and O–H groups in total. The Labute approximate surface area is 114 Å². The number of rotatable bonds is 4. The molecule has 5 nitrogen and oxygen atoms in total. The molecular weight excluding hydrogens is 275 g/mol. The lowest BCUT2D eigenvalue weighted by atomic mass is 10.3. The predicted molar refractivity (Wildman–Crippen MR) is 70.2 cm³/mol. The Kier molecular flexibility index (Phi) is 4.17. The maximum absolute atomic E-state index is 5.88. The van der Waals surface area contributed by atoms with Crippen molar-refractivity contribution in [2.24, 2.45) is 0 Å². The van der Waals surface area contributed by atoms with Crippen molar-refractivity contribution >= 4 is 28.9 Å². The first-order valence-corrected chi connectivity index (χ1v) is 5.86. The van der Waals surface area contributed by atoms with E-state index in [-0.39, 0.29) is 10.3 Å². The summed E-state index contributed by atoms with van der Waals surface area (Å²) < 4.78 is 4.98. The molecule has 0 saturated carbocycles. The van der Waals surface area contributed by atoms with Gasteiger partial charge in [0.15, 0.2) is 10.3 Å². The van der Waals surface area contributed by atoms with Gasteiger partial charge in [-0.15, -0.1) is 10.2 Å². The molecule has 18 heavy (non-hydrogen) atoms. The minimum Gasteiger partial charge on any atom is -0.481 e. The highest BCUT2D eigenvalue weighted by Gasteiger charge is 2.04. The zero-order valence-electron chi connectivity index (χ0n) is 9.52. The van der Waals surface area contributed by atoms with Crippen molar-refractivity contribution < 1.29 is 4.74 Å². The molecule has 94 valence electrons. The number of halogens is 2. The van der Waals surface area contributed by atoms with Crippen LogP contribution >= 0.6 is 23.2 Å². The van der Waals surface area contributed by atoms with Crippen molar-refractivity contribution in [3.8, 4) is 5.88 Å². The lowest BCUT2D eigenvalue weighted by molar-refractivity contribution is 0.397. The van der Waals surface area contributed by atoms with Crippen molar-refractivity contribution in [1.82, 2.24) is 15.2 Å². The second kappa shape index (κ2) is 5.84. The summed E-state index contributed by atoms with van der Waals surface area (Å²) >= 11 is 11.6. The standard InChI is InChI=1S/C11H10Cl2N4O/c1-18-10-3-2-7(6-15-10)5-14-8-4-9(12)16-17-11(8)13/h2-4,6H,5H2,1H3,(H,14,16). The number of methoxy groups -OCH3 is 1. The van der Waals surface area contributed by atoms with Gasteiger partial charge in [0.25, 0.3) is 0 Å². The summed E-state index contributed by atoms with van der Waals surface area (Å²) in [5.41, 5.74) is 1.62. The Hall–Kier alpha value is -1.59. The molecule has 0 aliphatic heterocycles. The van der Waals surface area contributed by atoms with E-state index >= 15 is 0 Å². The third kappa shape index (κ3) is 3.21. The van der Waals surface area contributed by atoms with E-state index in [9.17, 15) is 0 Å². The SMILES string of the molecule is COc1ccc(CNc2cc(Cl)nnc2Cl)cn1. The Morgan fingerprint density at radius 2 is 2.11 bits per heavy atom. The topological polar surface area (TPSA) is 59.9 Å². The van der Waals surface area contributed by atoms with E-state index in [1.54, 1.807) is 25.4 Å². The van der Waals surface area contributed by atoms with Gasteiger partial charge in [-0.25, -0.2) is 4.98 Å². The van der Waals surface area contributed by atoms with Crippen molar-refractivity contribution in [3.05, 3.63) is 40.3 Å². The number of nitrogens with zero attached hydrogens (tertiary/aromatic N) is 3. The van der Waals surface area contributed by atoms with Gasteiger partial charge in [-0.2, -0.15) is 0 Å². The number of ether oxygens (including phenoxy) is 1. The summed E-state index contributed by atoms with van der Waals surface area (Å²) in [7, 11) is 1.57. The van der Waals surface area contributed by atoms with E-state index in [4.69, 9.17) is 27.9 Å². The van der Waals surface area contributed by atoms with Gasteiger partial charge >= 0.3 is 0 Å². The normalized spacial score (nSPS) is 10.2. The predicted octanol–water partition coefficient (Wildman–Crippen LogP) is 2.80. The minimum atomic E-state index is 0.279. The van der Waals surface area contributed by atoms with Gasteiger partial charge in [-0.1, -0.05) is 29.3 Å². The van der Waals surface area contributed by atoms with Crippen LogP contribution in [0.2, 0.25) is 10.3 Å². The molecule has 0 aromatic carbocycles. The summed E-state index contributed by atoms with van der Waals surface area (Å²) in [6.45, 7) is 0.554. The number of nitrogens with one attached hydrogen (secondary N) is 1. The van der Waals surface area contributed by atoms with Gasteiger partial charge < -0.3 is 10.1 Å². The number of pyridine rings is 1. The smallest absolute Gasteiger partial charge is 0.212 e. The Balaban J connectivity index is 2.04. The molecule has 0 bridgehead atoms. The van der Waals surface area contributed by atoms with Crippen LogP contribution in [0, 0.1) is 0 Å². The van der Waals surface area contributed by atoms with E-state index in [2.05, 4.69) is 20.5 Å². The molecule has 7 heteroatoms. The molecule has 0 amide bonds. The molecule has 2 aromatic heterocycles. The van der Waals surface area contributed by atoms with E-state index in [0.29, 0.717) is 18.1 Å². The van der Waals surface area contributed by atoms with Crippen LogP contribution in [0.25, 0.3) is 0 Å². The van der Waals surface area contributed by atoms with Gasteiger partial charge in [0.05, 0.1) is 12.8 Å². The second-order valence-corrected chi connectivity index (χ2v) is 4.18. The fourth-order valence-electron chi connectivity index (χ4n) is 1.31. The molecule has 0 unspecified atom stereocenters. The fourth-order valence-corrected chi connectivity index (χ4v) is 1.62. The number of anilines is 1. The van der Waals surface area contributed by atoms with Gasteiger partial charge in [-0.05, 0) is 5.56 Å². The monoisotopic (exact) mass is 284 g/mol. The van der Waals surface area contributed by atoms with Gasteiger partial charge in [0.2, 0.25) is 5.88 Å². The van der Waals surface area contributed by atoms with Crippen molar-refractivity contribution in [3.63, 3.8) is 0 Å². The van der Waals surface area contributed by atoms with Crippen molar-refractivity contribution in [1.29, 1.82) is 0 Å². The quantitative estimate of drug-likeness (QED) is 0.936. The third-order valence-corrected chi connectivity index (χ3v) is 2.67. The number of hydrogen-bond acceptors (Lipinski definition) is 5. The molecule has 2 heterocycles. The lowest BCUT2D eigenvalue weighted by Gasteiger charge is -2.07. The highest BCUT2D eigenvalue weighted by molar-refractivity contribution is 6.33. The molecule has 2 rings (SSSR count). The van der Waals surface area contributed by atoms with E-state index in [1.165, 1.54) is 0 Å². The summed E-state index contributed by atoms with van der Waals surface area (Å²) in [4.78, 5) is 4.10. The third-order valence-electron chi connectivity index (χ3n) is 2.21. The molecule has 0 atom stereocenters. The Morgan fingerprint density at radius 3 is 2.78 bits per heavy atom. The molecular formula is C11H10Cl2N4O. The van der Waals surface area contributed by atoms with Crippen LogP contribution in [0.4, 0.5) is 5.69 Å². The van der Waals surface area contributed by atoms with Crippen LogP contribution in [-0.2, 0) is 6.54 Å². The van der Waals surface area contributed by atoms with E-state index in [1.807, 2.05) is 6.07 Å². The average molecular weight is 285 g/mol. The molecule has 2 aromatic rings. The zero-order chi connectivity index (χ0) is 13.0. The molecule has 0 aliphatic rings. The molecule has 0 fully saturated rings. The van der Waals surface area contributed by atoms with E-state index < -0.39 is 0 Å². The van der Waals surface area contributed by atoms with Gasteiger partial charge in [0.1, 0.15) is 0 Å². The van der Waals surface area contributed by atoms with Crippen LogP contribution < -0.4 is 10.1 Å². The lowest BCUT2D eigenvalue weighted by Crippen LogP contribution is -2.02. The van der Waals surface area contributed by atoms with Crippen LogP contribution in [0.5, 0.6) is 5.88 Å². The summed E-state index contributed by atoms with van der Waals surface area (Å²) in [5.74, 6) is 0.574. The highest BCUT2D eigenvalue weighted by atomic mass is 35.5. The first-order chi connectivity index (χ1) is 8.69.